The maximum atomic E-state index is 14.6. The van der Waals surface area contributed by atoms with Crippen molar-refractivity contribution >= 4 is 35.0 Å². The summed E-state index contributed by atoms with van der Waals surface area (Å²) in [5, 5.41) is 9.68. The molecule has 3 aliphatic heterocycles. The minimum absolute atomic E-state index is 0.0663. The van der Waals surface area contributed by atoms with Crippen molar-refractivity contribution in [3.63, 3.8) is 0 Å². The van der Waals surface area contributed by atoms with E-state index in [0.29, 0.717) is 62.3 Å². The molecule has 5 atom stereocenters. The second kappa shape index (κ2) is 11.8. The minimum atomic E-state index is -1.11. The Morgan fingerprint density at radius 2 is 1.87 bits per heavy atom. The van der Waals surface area contributed by atoms with E-state index in [9.17, 15) is 19.5 Å². The van der Waals surface area contributed by atoms with E-state index >= 15 is 0 Å². The van der Waals surface area contributed by atoms with Crippen LogP contribution in [0.15, 0.2) is 49.6 Å². The van der Waals surface area contributed by atoms with Gasteiger partial charge in [0.15, 0.2) is 0 Å². The van der Waals surface area contributed by atoms with Gasteiger partial charge >= 0.3 is 0 Å². The number of amides is 3. The molecule has 2 bridgehead atoms. The predicted octanol–water partition coefficient (Wildman–Crippen LogP) is 3.82. The molecule has 2 unspecified atom stereocenters. The number of para-hydroxylation sites is 1. The van der Waals surface area contributed by atoms with Crippen LogP contribution in [0, 0.1) is 11.8 Å². The normalized spacial score (nSPS) is 28.9. The van der Waals surface area contributed by atoms with Crippen molar-refractivity contribution in [2.24, 2.45) is 11.8 Å². The molecule has 212 valence electrons. The number of ether oxygens (including phenoxy) is 1. The first-order chi connectivity index (χ1) is 18.7. The molecule has 3 amide bonds. The molecule has 0 aromatic heterocycles. The predicted molar refractivity (Wildman–Crippen MR) is 151 cm³/mol. The summed E-state index contributed by atoms with van der Waals surface area (Å²) in [5.41, 5.74) is -1.38. The molecule has 3 heterocycles. The van der Waals surface area contributed by atoms with Gasteiger partial charge in [0.1, 0.15) is 11.6 Å². The molecule has 3 fully saturated rings. The van der Waals surface area contributed by atoms with Gasteiger partial charge in [-0.2, -0.15) is 0 Å². The Morgan fingerprint density at radius 1 is 1.15 bits per heavy atom. The van der Waals surface area contributed by atoms with Gasteiger partial charge in [0.2, 0.25) is 11.8 Å². The number of aliphatic hydroxyl groups is 1. The van der Waals surface area contributed by atoms with E-state index in [0.717, 1.165) is 0 Å². The number of benzene rings is 1. The Balaban J connectivity index is 1.80. The van der Waals surface area contributed by atoms with Gasteiger partial charge < -0.3 is 24.5 Å². The lowest BCUT2D eigenvalue weighted by Gasteiger charge is -2.37. The third-order valence-corrected chi connectivity index (χ3v) is 9.06. The number of likely N-dealkylation sites (tertiary alicyclic amines) is 1. The van der Waals surface area contributed by atoms with Gasteiger partial charge in [-0.3, -0.25) is 14.4 Å². The first-order valence-electron chi connectivity index (χ1n) is 13.9. The first kappa shape index (κ1) is 29.3. The van der Waals surface area contributed by atoms with Gasteiger partial charge in [0.05, 0.1) is 28.1 Å². The third kappa shape index (κ3) is 4.81. The van der Waals surface area contributed by atoms with E-state index in [1.165, 1.54) is 0 Å². The fourth-order valence-electron chi connectivity index (χ4n) is 6.96. The molecule has 9 heteroatoms. The Hall–Kier alpha value is -2.68. The number of hydrogen-bond acceptors (Lipinski definition) is 5. The summed E-state index contributed by atoms with van der Waals surface area (Å²) < 4.78 is 6.86. The molecule has 8 nitrogen and oxygen atoms in total. The molecule has 1 N–H and O–H groups in total. The lowest BCUT2D eigenvalue weighted by atomic mass is 9.64. The number of unbranched alkanes of at least 4 members (excludes halogenated alkanes) is 2. The average Bonchev–Trinajstić information content (AvgIpc) is 3.53. The second-order valence-corrected chi connectivity index (χ2v) is 11.3. The second-order valence-electron chi connectivity index (χ2n) is 10.8. The van der Waals surface area contributed by atoms with Gasteiger partial charge in [-0.05, 0) is 50.7 Å². The van der Waals surface area contributed by atoms with E-state index in [-0.39, 0.29) is 30.9 Å². The number of carbonyl (C=O) groups is 3. The van der Waals surface area contributed by atoms with Crippen LogP contribution in [-0.2, 0) is 19.1 Å². The van der Waals surface area contributed by atoms with E-state index < -0.39 is 29.1 Å². The van der Waals surface area contributed by atoms with E-state index in [1.807, 2.05) is 13.0 Å². The van der Waals surface area contributed by atoms with E-state index in [4.69, 9.17) is 16.3 Å². The van der Waals surface area contributed by atoms with E-state index in [1.54, 1.807) is 52.1 Å². The summed E-state index contributed by atoms with van der Waals surface area (Å²) in [6, 6.07) is 6.20. The van der Waals surface area contributed by atoms with Crippen LogP contribution in [0.4, 0.5) is 5.69 Å². The van der Waals surface area contributed by atoms with Gasteiger partial charge in [0, 0.05) is 33.3 Å². The number of likely N-dealkylation sites (N-methyl/N-ethyl adjacent to an activating group) is 1. The van der Waals surface area contributed by atoms with Gasteiger partial charge in [0.25, 0.3) is 5.91 Å². The zero-order chi connectivity index (χ0) is 28.4. The van der Waals surface area contributed by atoms with Crippen molar-refractivity contribution in [1.82, 2.24) is 9.80 Å². The van der Waals surface area contributed by atoms with Crippen LogP contribution in [0.1, 0.15) is 45.4 Å². The van der Waals surface area contributed by atoms with Crippen LogP contribution < -0.4 is 4.90 Å². The molecular weight excluding hydrogens is 518 g/mol. The molecule has 3 aliphatic rings. The molecule has 4 rings (SSSR count). The smallest absolute Gasteiger partial charge is 0.253 e. The molecule has 3 saturated heterocycles. The summed E-state index contributed by atoms with van der Waals surface area (Å²) in [5.74, 6) is -2.09. The van der Waals surface area contributed by atoms with Crippen LogP contribution in [0.25, 0.3) is 0 Å². The maximum absolute atomic E-state index is 14.6. The molecular formula is C30H40ClN3O5. The highest BCUT2D eigenvalue weighted by Crippen LogP contribution is 2.64. The lowest BCUT2D eigenvalue weighted by molar-refractivity contribution is -0.150. The van der Waals surface area contributed by atoms with Crippen LogP contribution in [0.5, 0.6) is 0 Å². The molecule has 39 heavy (non-hydrogen) atoms. The maximum Gasteiger partial charge on any atom is 0.253 e. The summed E-state index contributed by atoms with van der Waals surface area (Å²) in [6.07, 6.45) is 6.92. The molecule has 0 radical (unpaired) electrons. The van der Waals surface area contributed by atoms with Crippen LogP contribution in [0.3, 0.4) is 0 Å². The van der Waals surface area contributed by atoms with Crippen molar-refractivity contribution < 1.29 is 24.2 Å². The zero-order valence-electron chi connectivity index (χ0n) is 23.0. The topological polar surface area (TPSA) is 90.4 Å². The number of halogens is 1. The Kier molecular flexibility index (Phi) is 8.88. The monoisotopic (exact) mass is 557 g/mol. The lowest BCUT2D eigenvalue weighted by Crippen LogP contribution is -2.56. The standard InChI is InChI=1S/C30H40ClN3O5/c1-5-17-32(4)26(36)23-24-27(37)34(19-11-8-12-20-35)25(30(24)16-15-29(23,7-3)39-30)28(38)33(18-6-2)22-14-10-9-13-21(22)31/h5-6,9-10,13-14,23-25,35H,1-2,7-8,11-12,15-20H2,3-4H3/t23-,24-,25?,29+,30?/m0/s1. The van der Waals surface area contributed by atoms with Gasteiger partial charge in [-0.1, -0.05) is 42.8 Å². The number of rotatable bonds is 13. The fourth-order valence-corrected chi connectivity index (χ4v) is 7.20. The highest BCUT2D eigenvalue weighted by atomic mass is 35.5. The summed E-state index contributed by atoms with van der Waals surface area (Å²) in [4.78, 5) is 47.5. The number of aliphatic hydroxyl groups excluding tert-OH is 1. The number of carbonyl (C=O) groups excluding carboxylic acids is 3. The summed E-state index contributed by atoms with van der Waals surface area (Å²) >= 11 is 6.53. The number of nitrogens with zero attached hydrogens (tertiary/aromatic N) is 3. The zero-order valence-corrected chi connectivity index (χ0v) is 23.7. The number of fused-ring (bicyclic) bond motifs is 1. The summed E-state index contributed by atoms with van der Waals surface area (Å²) in [7, 11) is 1.71. The van der Waals surface area contributed by atoms with E-state index in [2.05, 4.69) is 13.2 Å². The van der Waals surface area contributed by atoms with Crippen molar-refractivity contribution in [1.29, 1.82) is 0 Å². The van der Waals surface area contributed by atoms with Crippen LogP contribution in [-0.4, -0.2) is 83.2 Å². The average molecular weight is 558 g/mol. The van der Waals surface area contributed by atoms with Crippen molar-refractivity contribution in [3.8, 4) is 0 Å². The minimum Gasteiger partial charge on any atom is -0.396 e. The van der Waals surface area contributed by atoms with Gasteiger partial charge in [-0.25, -0.2) is 0 Å². The molecule has 1 aromatic carbocycles. The van der Waals surface area contributed by atoms with Crippen molar-refractivity contribution in [2.45, 2.75) is 62.7 Å². The van der Waals surface area contributed by atoms with Crippen molar-refractivity contribution in [2.75, 3.05) is 38.2 Å². The molecule has 1 aromatic rings. The highest BCUT2D eigenvalue weighted by Gasteiger charge is 2.78. The number of hydrogen-bond donors (Lipinski definition) is 1. The summed E-state index contributed by atoms with van der Waals surface area (Å²) in [6.45, 7) is 10.5. The SMILES string of the molecule is C=CCN(C)C(=O)[C@@H]1[C@H]2C(=O)N(CCCCCO)C(C(=O)N(CC=C)c3ccccc3Cl)C23CC[C@@]1(CC)O3. The fraction of sp³-hybridized carbons (Fsp3) is 0.567. The Bertz CT molecular complexity index is 1130. The highest BCUT2D eigenvalue weighted by molar-refractivity contribution is 6.34. The Labute approximate surface area is 236 Å². The number of anilines is 1. The van der Waals surface area contributed by atoms with Crippen LogP contribution >= 0.6 is 11.6 Å². The largest absolute Gasteiger partial charge is 0.396 e. The first-order valence-corrected chi connectivity index (χ1v) is 14.2. The quantitative estimate of drug-likeness (QED) is 0.294. The molecule has 0 aliphatic carbocycles. The molecule has 1 spiro atoms. The van der Waals surface area contributed by atoms with Crippen molar-refractivity contribution in [3.05, 3.63) is 54.6 Å². The Morgan fingerprint density at radius 3 is 2.51 bits per heavy atom. The third-order valence-electron chi connectivity index (χ3n) is 8.74. The van der Waals surface area contributed by atoms with Crippen LogP contribution in [0.2, 0.25) is 5.02 Å². The van der Waals surface area contributed by atoms with Gasteiger partial charge in [-0.15, -0.1) is 13.2 Å². The molecule has 0 saturated carbocycles.